The molecule has 0 bridgehead atoms. The van der Waals surface area contributed by atoms with Gasteiger partial charge in [-0.2, -0.15) is 0 Å². The molecule has 3 nitrogen and oxygen atoms in total. The van der Waals surface area contributed by atoms with Gasteiger partial charge < -0.3 is 4.98 Å². The van der Waals surface area contributed by atoms with Crippen LogP contribution < -0.4 is 5.56 Å². The van der Waals surface area contributed by atoms with Crippen molar-refractivity contribution in [2.45, 2.75) is 25.2 Å². The van der Waals surface area contributed by atoms with E-state index >= 15 is 0 Å². The molecule has 0 unspecified atom stereocenters. The largest absolute Gasteiger partial charge is 0.309 e. The highest BCUT2D eigenvalue weighted by Crippen LogP contribution is 2.35. The zero-order valence-electron chi connectivity index (χ0n) is 9.82. The molecule has 1 aliphatic carbocycles. The van der Waals surface area contributed by atoms with E-state index in [2.05, 4.69) is 25.9 Å². The Balaban J connectivity index is 2.13. The minimum Gasteiger partial charge on any atom is -0.309 e. The maximum atomic E-state index is 11.9. The molecule has 1 aromatic heterocycles. The van der Waals surface area contributed by atoms with Gasteiger partial charge in [-0.3, -0.25) is 4.79 Å². The van der Waals surface area contributed by atoms with Crippen LogP contribution in [-0.4, -0.2) is 9.97 Å². The van der Waals surface area contributed by atoms with Crippen molar-refractivity contribution in [3.63, 3.8) is 0 Å². The minimum absolute atomic E-state index is 0.0919. The molecule has 0 saturated heterocycles. The summed E-state index contributed by atoms with van der Waals surface area (Å²) in [5.74, 6) is 1.25. The number of nitrogens with one attached hydrogen (secondary N) is 1. The molecule has 0 spiro atoms. The number of benzene rings is 1. The average Bonchev–Trinajstić information content (AvgIpc) is 2.32. The summed E-state index contributed by atoms with van der Waals surface area (Å²) in [5.41, 5.74) is 1.61. The lowest BCUT2D eigenvalue weighted by Crippen LogP contribution is -2.20. The molecule has 1 N–H and O–H groups in total. The minimum atomic E-state index is -0.0919. The van der Waals surface area contributed by atoms with Crippen LogP contribution in [0, 0.1) is 0 Å². The van der Waals surface area contributed by atoms with Crippen molar-refractivity contribution in [3.05, 3.63) is 51.0 Å². The molecule has 1 aromatic carbocycles. The van der Waals surface area contributed by atoms with Gasteiger partial charge in [0.25, 0.3) is 5.56 Å². The fourth-order valence-corrected chi connectivity index (χ4v) is 2.56. The first-order valence-corrected chi connectivity index (χ1v) is 6.90. The van der Waals surface area contributed by atoms with E-state index in [1.54, 1.807) is 0 Å². The van der Waals surface area contributed by atoms with Gasteiger partial charge in [0.2, 0.25) is 0 Å². The second-order valence-corrected chi connectivity index (χ2v) is 5.40. The highest BCUT2D eigenvalue weighted by Gasteiger charge is 2.23. The number of nitrogens with zero attached hydrogens (tertiary/aromatic N) is 1. The molecular weight excluding hydrogens is 292 g/mol. The van der Waals surface area contributed by atoms with Crippen LogP contribution in [-0.2, 0) is 0 Å². The standard InChI is InChI=1S/C14H13BrN2O/c15-11-12(9-5-2-1-3-6-9)16-13(17-14(11)18)10-7-4-8-10/h1-3,5-6,10H,4,7-8H2,(H,16,17,18). The van der Waals surface area contributed by atoms with Crippen molar-refractivity contribution in [2.75, 3.05) is 0 Å². The predicted octanol–water partition coefficient (Wildman–Crippen LogP) is 3.47. The Morgan fingerprint density at radius 1 is 1.22 bits per heavy atom. The van der Waals surface area contributed by atoms with E-state index in [-0.39, 0.29) is 5.56 Å². The fourth-order valence-electron chi connectivity index (χ4n) is 2.14. The second-order valence-electron chi connectivity index (χ2n) is 4.61. The summed E-state index contributed by atoms with van der Waals surface area (Å²) < 4.78 is 0.511. The fraction of sp³-hybridized carbons (Fsp3) is 0.286. The van der Waals surface area contributed by atoms with E-state index in [9.17, 15) is 4.79 Å². The van der Waals surface area contributed by atoms with Crippen LogP contribution in [0.2, 0.25) is 0 Å². The van der Waals surface area contributed by atoms with Crippen molar-refractivity contribution in [3.8, 4) is 11.3 Å². The lowest BCUT2D eigenvalue weighted by atomic mass is 9.85. The number of hydrogen-bond donors (Lipinski definition) is 1. The lowest BCUT2D eigenvalue weighted by molar-refractivity contribution is 0.400. The smallest absolute Gasteiger partial charge is 0.265 e. The Bertz CT molecular complexity index is 617. The zero-order chi connectivity index (χ0) is 12.5. The Morgan fingerprint density at radius 2 is 1.94 bits per heavy atom. The van der Waals surface area contributed by atoms with Gasteiger partial charge in [-0.15, -0.1) is 0 Å². The molecule has 0 radical (unpaired) electrons. The van der Waals surface area contributed by atoms with Crippen molar-refractivity contribution in [2.24, 2.45) is 0 Å². The van der Waals surface area contributed by atoms with Crippen LogP contribution in [0.15, 0.2) is 39.6 Å². The molecule has 1 fully saturated rings. The molecule has 1 aliphatic rings. The normalized spacial score (nSPS) is 15.4. The maximum absolute atomic E-state index is 11.9. The SMILES string of the molecule is O=c1[nH]c(C2CCC2)nc(-c2ccccc2)c1Br. The highest BCUT2D eigenvalue weighted by atomic mass is 79.9. The molecule has 3 rings (SSSR count). The maximum Gasteiger partial charge on any atom is 0.265 e. The number of aromatic nitrogens is 2. The Morgan fingerprint density at radius 3 is 2.56 bits per heavy atom. The molecule has 0 aliphatic heterocycles. The first kappa shape index (κ1) is 11.7. The molecule has 2 aromatic rings. The van der Waals surface area contributed by atoms with Crippen LogP contribution in [0.4, 0.5) is 0 Å². The topological polar surface area (TPSA) is 45.8 Å². The van der Waals surface area contributed by atoms with E-state index in [1.807, 2.05) is 30.3 Å². The summed E-state index contributed by atoms with van der Waals surface area (Å²) in [6.45, 7) is 0. The van der Waals surface area contributed by atoms with E-state index in [0.29, 0.717) is 10.4 Å². The first-order chi connectivity index (χ1) is 8.75. The van der Waals surface area contributed by atoms with Crippen LogP contribution in [0.5, 0.6) is 0 Å². The van der Waals surface area contributed by atoms with Crippen LogP contribution in [0.1, 0.15) is 31.0 Å². The van der Waals surface area contributed by atoms with Gasteiger partial charge in [0.15, 0.2) is 0 Å². The molecule has 18 heavy (non-hydrogen) atoms. The highest BCUT2D eigenvalue weighted by molar-refractivity contribution is 9.10. The molecule has 1 heterocycles. The van der Waals surface area contributed by atoms with Gasteiger partial charge >= 0.3 is 0 Å². The Kier molecular flexibility index (Phi) is 3.04. The molecule has 4 heteroatoms. The van der Waals surface area contributed by atoms with Gasteiger partial charge in [-0.05, 0) is 28.8 Å². The third-order valence-electron chi connectivity index (χ3n) is 3.42. The van der Waals surface area contributed by atoms with Gasteiger partial charge in [0.1, 0.15) is 10.3 Å². The summed E-state index contributed by atoms with van der Waals surface area (Å²) in [6.07, 6.45) is 3.47. The van der Waals surface area contributed by atoms with Gasteiger partial charge in [-0.1, -0.05) is 36.8 Å². The van der Waals surface area contributed by atoms with Gasteiger partial charge in [0, 0.05) is 11.5 Å². The van der Waals surface area contributed by atoms with E-state index < -0.39 is 0 Å². The van der Waals surface area contributed by atoms with E-state index in [4.69, 9.17) is 0 Å². The van der Waals surface area contributed by atoms with Gasteiger partial charge in [-0.25, -0.2) is 4.98 Å². The third-order valence-corrected chi connectivity index (χ3v) is 4.16. The van der Waals surface area contributed by atoms with Crippen molar-refractivity contribution >= 4 is 15.9 Å². The molecule has 92 valence electrons. The van der Waals surface area contributed by atoms with Gasteiger partial charge in [0.05, 0.1) is 5.69 Å². The van der Waals surface area contributed by atoms with E-state index in [1.165, 1.54) is 6.42 Å². The molecule has 0 amide bonds. The quantitative estimate of drug-likeness (QED) is 0.923. The number of H-pyrrole nitrogens is 1. The Labute approximate surface area is 113 Å². The van der Waals surface area contributed by atoms with Crippen molar-refractivity contribution in [1.29, 1.82) is 0 Å². The second kappa shape index (κ2) is 4.69. The lowest BCUT2D eigenvalue weighted by Gasteiger charge is -2.24. The number of halogens is 1. The summed E-state index contributed by atoms with van der Waals surface area (Å²) in [5, 5.41) is 0. The summed E-state index contributed by atoms with van der Waals surface area (Å²) >= 11 is 3.33. The average molecular weight is 305 g/mol. The number of hydrogen-bond acceptors (Lipinski definition) is 2. The predicted molar refractivity (Wildman–Crippen MR) is 74.6 cm³/mol. The van der Waals surface area contributed by atoms with Crippen molar-refractivity contribution < 1.29 is 0 Å². The monoisotopic (exact) mass is 304 g/mol. The van der Waals surface area contributed by atoms with Crippen molar-refractivity contribution in [1.82, 2.24) is 9.97 Å². The number of aromatic amines is 1. The summed E-state index contributed by atoms with van der Waals surface area (Å²) in [4.78, 5) is 19.4. The molecule has 1 saturated carbocycles. The van der Waals surface area contributed by atoms with Crippen LogP contribution >= 0.6 is 15.9 Å². The van der Waals surface area contributed by atoms with Crippen LogP contribution in [0.25, 0.3) is 11.3 Å². The Hall–Kier alpha value is -1.42. The van der Waals surface area contributed by atoms with Crippen LogP contribution in [0.3, 0.4) is 0 Å². The zero-order valence-corrected chi connectivity index (χ0v) is 11.4. The third kappa shape index (κ3) is 2.01. The summed E-state index contributed by atoms with van der Waals surface area (Å²) in [6, 6.07) is 9.80. The molecule has 0 atom stereocenters. The van der Waals surface area contributed by atoms with E-state index in [0.717, 1.165) is 29.9 Å². The molecular formula is C14H13BrN2O. The summed E-state index contributed by atoms with van der Waals surface area (Å²) in [7, 11) is 0. The first-order valence-electron chi connectivity index (χ1n) is 6.11. The number of rotatable bonds is 2.